The van der Waals surface area contributed by atoms with Crippen molar-refractivity contribution in [2.75, 3.05) is 12.4 Å². The molecule has 0 bridgehead atoms. The first-order valence-electron chi connectivity index (χ1n) is 3.88. The van der Waals surface area contributed by atoms with Crippen LogP contribution in [0.1, 0.15) is 4.88 Å². The maximum absolute atomic E-state index is 4.25. The Kier molecular flexibility index (Phi) is 2.28. The smallest absolute Gasteiger partial charge is 0.168 e. The van der Waals surface area contributed by atoms with E-state index in [4.69, 9.17) is 0 Å². The molecule has 0 aliphatic rings. The summed E-state index contributed by atoms with van der Waals surface area (Å²) in [6, 6.07) is 4.18. The molecule has 1 N–H and O–H groups in total. The molecule has 0 radical (unpaired) electrons. The molecule has 2 aromatic heterocycles. The fraction of sp³-hybridized carbons (Fsp3) is 0.250. The minimum Gasteiger partial charge on any atom is -0.370 e. The van der Waals surface area contributed by atoms with Crippen LogP contribution in [-0.2, 0) is 0 Å². The van der Waals surface area contributed by atoms with Gasteiger partial charge in [0.05, 0.1) is 16.6 Å². The van der Waals surface area contributed by atoms with Crippen LogP contribution < -0.4 is 5.32 Å². The summed E-state index contributed by atoms with van der Waals surface area (Å²) in [5, 5.41) is 3.03. The van der Waals surface area contributed by atoms with Gasteiger partial charge in [0, 0.05) is 11.9 Å². The highest BCUT2D eigenvalue weighted by Crippen LogP contribution is 2.31. The van der Waals surface area contributed by atoms with Crippen molar-refractivity contribution in [2.24, 2.45) is 0 Å². The predicted molar refractivity (Wildman–Crippen MR) is 57.5 cm³/mol. The fourth-order valence-corrected chi connectivity index (χ4v) is 2.56. The highest BCUT2D eigenvalue weighted by molar-refractivity contribution is 7.15. The molecule has 0 spiro atoms. The Balaban J connectivity index is 2.45. The Morgan fingerprint density at radius 3 is 2.77 bits per heavy atom. The number of nitrogens with zero attached hydrogens (tertiary/aromatic N) is 2. The summed E-state index contributed by atoms with van der Waals surface area (Å²) in [6.07, 6.45) is 0. The summed E-state index contributed by atoms with van der Waals surface area (Å²) in [5.74, 6) is 0.867. The normalized spacial score (nSPS) is 10.3. The number of thiophene rings is 1. The van der Waals surface area contributed by atoms with E-state index in [0.29, 0.717) is 0 Å². The van der Waals surface area contributed by atoms with Crippen molar-refractivity contribution in [3.05, 3.63) is 17.0 Å². The van der Waals surface area contributed by atoms with Gasteiger partial charge in [0.15, 0.2) is 5.82 Å². The van der Waals surface area contributed by atoms with Crippen molar-refractivity contribution in [3.8, 4) is 10.6 Å². The van der Waals surface area contributed by atoms with Gasteiger partial charge in [0.2, 0.25) is 0 Å². The molecule has 2 aromatic rings. The second-order valence-electron chi connectivity index (χ2n) is 2.62. The average molecular weight is 211 g/mol. The third-order valence-electron chi connectivity index (χ3n) is 1.70. The Morgan fingerprint density at radius 1 is 1.31 bits per heavy atom. The maximum atomic E-state index is 4.25. The molecule has 13 heavy (non-hydrogen) atoms. The van der Waals surface area contributed by atoms with Gasteiger partial charge in [0.1, 0.15) is 5.69 Å². The SMILES string of the molecule is CNc1nsnc1-c1ccc(C)s1. The third-order valence-corrected chi connectivity index (χ3v) is 3.23. The molecule has 0 saturated carbocycles. The lowest BCUT2D eigenvalue weighted by atomic mass is 10.3. The number of hydrogen-bond acceptors (Lipinski definition) is 5. The summed E-state index contributed by atoms with van der Waals surface area (Å²) in [4.78, 5) is 2.47. The van der Waals surface area contributed by atoms with E-state index in [1.807, 2.05) is 7.05 Å². The lowest BCUT2D eigenvalue weighted by Gasteiger charge is -1.94. The molecule has 2 rings (SSSR count). The van der Waals surface area contributed by atoms with Crippen molar-refractivity contribution in [1.29, 1.82) is 0 Å². The number of rotatable bonds is 2. The van der Waals surface area contributed by atoms with Crippen molar-refractivity contribution in [2.45, 2.75) is 6.92 Å². The van der Waals surface area contributed by atoms with Crippen LogP contribution in [0.2, 0.25) is 0 Å². The molecular weight excluding hydrogens is 202 g/mol. The van der Waals surface area contributed by atoms with Crippen LogP contribution in [0.3, 0.4) is 0 Å². The Morgan fingerprint density at radius 2 is 2.15 bits per heavy atom. The molecule has 2 heterocycles. The summed E-state index contributed by atoms with van der Waals surface area (Å²) in [6.45, 7) is 2.09. The van der Waals surface area contributed by atoms with Gasteiger partial charge >= 0.3 is 0 Å². The van der Waals surface area contributed by atoms with E-state index in [1.54, 1.807) is 11.3 Å². The van der Waals surface area contributed by atoms with E-state index in [2.05, 4.69) is 33.1 Å². The zero-order chi connectivity index (χ0) is 9.26. The van der Waals surface area contributed by atoms with Crippen LogP contribution in [0.25, 0.3) is 10.6 Å². The molecule has 0 unspecified atom stereocenters. The van der Waals surface area contributed by atoms with Crippen molar-refractivity contribution in [3.63, 3.8) is 0 Å². The minimum atomic E-state index is 0.867. The monoisotopic (exact) mass is 211 g/mol. The van der Waals surface area contributed by atoms with Gasteiger partial charge in [-0.15, -0.1) is 11.3 Å². The number of aromatic nitrogens is 2. The highest BCUT2D eigenvalue weighted by atomic mass is 32.1. The van der Waals surface area contributed by atoms with Crippen molar-refractivity contribution < 1.29 is 0 Å². The topological polar surface area (TPSA) is 37.8 Å². The van der Waals surface area contributed by atoms with Crippen molar-refractivity contribution >= 4 is 28.9 Å². The molecule has 0 amide bonds. The first-order valence-corrected chi connectivity index (χ1v) is 5.43. The summed E-state index contributed by atoms with van der Waals surface area (Å²) in [5.41, 5.74) is 0.964. The first kappa shape index (κ1) is 8.65. The standard InChI is InChI=1S/C8H9N3S2/c1-5-3-4-6(12-5)7-8(9-2)11-13-10-7/h3-4H,1-2H3,(H,9,11). The molecule has 5 heteroatoms. The molecule has 0 saturated heterocycles. The van der Waals surface area contributed by atoms with Gasteiger partial charge in [-0.2, -0.15) is 8.75 Å². The fourth-order valence-electron chi connectivity index (χ4n) is 1.08. The van der Waals surface area contributed by atoms with Crippen LogP contribution in [-0.4, -0.2) is 15.8 Å². The second kappa shape index (κ2) is 3.43. The molecule has 68 valence electrons. The average Bonchev–Trinajstić information content (AvgIpc) is 2.71. The highest BCUT2D eigenvalue weighted by Gasteiger charge is 2.10. The van der Waals surface area contributed by atoms with Gasteiger partial charge in [-0.1, -0.05) is 0 Å². The van der Waals surface area contributed by atoms with Gasteiger partial charge in [0.25, 0.3) is 0 Å². The van der Waals surface area contributed by atoms with E-state index >= 15 is 0 Å². The minimum absolute atomic E-state index is 0.867. The molecule has 0 aliphatic heterocycles. The second-order valence-corrected chi connectivity index (χ2v) is 4.44. The van der Waals surface area contributed by atoms with Gasteiger partial charge in [-0.25, -0.2) is 0 Å². The van der Waals surface area contributed by atoms with Crippen LogP contribution in [0, 0.1) is 6.92 Å². The van der Waals surface area contributed by atoms with E-state index < -0.39 is 0 Å². The van der Waals surface area contributed by atoms with Gasteiger partial charge in [-0.05, 0) is 19.1 Å². The first-order chi connectivity index (χ1) is 6.31. The van der Waals surface area contributed by atoms with E-state index in [-0.39, 0.29) is 0 Å². The predicted octanol–water partition coefficient (Wildman–Crippen LogP) is 2.62. The Labute approximate surface area is 84.8 Å². The number of aryl methyl sites for hydroxylation is 1. The van der Waals surface area contributed by atoms with Crippen LogP contribution >= 0.6 is 23.1 Å². The lowest BCUT2D eigenvalue weighted by Crippen LogP contribution is -1.89. The molecular formula is C8H9N3S2. The number of anilines is 1. The van der Waals surface area contributed by atoms with Crippen LogP contribution in [0.15, 0.2) is 12.1 Å². The molecule has 3 nitrogen and oxygen atoms in total. The summed E-state index contributed by atoms with van der Waals surface area (Å²) in [7, 11) is 1.86. The molecule has 0 aromatic carbocycles. The van der Waals surface area contributed by atoms with Crippen molar-refractivity contribution in [1.82, 2.24) is 8.75 Å². The Hall–Kier alpha value is -0.940. The lowest BCUT2D eigenvalue weighted by molar-refractivity contribution is 1.42. The van der Waals surface area contributed by atoms with E-state index in [0.717, 1.165) is 11.5 Å². The quantitative estimate of drug-likeness (QED) is 0.829. The molecule has 0 atom stereocenters. The number of hydrogen-bond donors (Lipinski definition) is 1. The summed E-state index contributed by atoms with van der Waals surface area (Å²) >= 11 is 2.98. The number of nitrogens with one attached hydrogen (secondary N) is 1. The zero-order valence-corrected chi connectivity index (χ0v) is 9.00. The maximum Gasteiger partial charge on any atom is 0.168 e. The van der Waals surface area contributed by atoms with E-state index in [9.17, 15) is 0 Å². The van der Waals surface area contributed by atoms with Gasteiger partial charge in [-0.3, -0.25) is 0 Å². The van der Waals surface area contributed by atoms with Crippen LogP contribution in [0.4, 0.5) is 5.82 Å². The van der Waals surface area contributed by atoms with Crippen LogP contribution in [0.5, 0.6) is 0 Å². The molecule has 0 aliphatic carbocycles. The van der Waals surface area contributed by atoms with Gasteiger partial charge < -0.3 is 5.32 Å². The zero-order valence-electron chi connectivity index (χ0n) is 7.37. The Bertz CT molecular complexity index is 405. The largest absolute Gasteiger partial charge is 0.370 e. The summed E-state index contributed by atoms with van der Waals surface area (Å²) < 4.78 is 8.40. The third kappa shape index (κ3) is 1.57. The molecule has 0 fully saturated rings. The van der Waals surface area contributed by atoms with E-state index in [1.165, 1.54) is 21.5 Å².